The van der Waals surface area contributed by atoms with E-state index in [1.54, 1.807) is 0 Å². The molecule has 0 saturated carbocycles. The molecule has 0 bridgehead atoms. The van der Waals surface area contributed by atoms with Gasteiger partial charge in [-0.3, -0.25) is 0 Å². The Bertz CT molecular complexity index is 270. The van der Waals surface area contributed by atoms with E-state index >= 15 is 0 Å². The van der Waals surface area contributed by atoms with Gasteiger partial charge < -0.3 is 11.1 Å². The molecule has 0 unspecified atom stereocenters. The minimum Gasteiger partial charge on any atom is -0.316 e. The first-order valence-electron chi connectivity index (χ1n) is 4.42. The Labute approximate surface area is 72.8 Å². The third kappa shape index (κ3) is 1.49. The second-order valence-electron chi connectivity index (χ2n) is 3.28. The summed E-state index contributed by atoms with van der Waals surface area (Å²) in [6, 6.07) is 8.53. The zero-order valence-electron chi connectivity index (χ0n) is 7.09. The highest BCUT2D eigenvalue weighted by Gasteiger charge is 2.10. The molecule has 2 nitrogen and oxygen atoms in total. The molecule has 12 heavy (non-hydrogen) atoms. The van der Waals surface area contributed by atoms with Gasteiger partial charge >= 0.3 is 0 Å². The molecule has 2 heteroatoms. The van der Waals surface area contributed by atoms with Crippen LogP contribution in [0.1, 0.15) is 11.1 Å². The monoisotopic (exact) mass is 162 g/mol. The number of rotatable bonds is 0. The average molecular weight is 162 g/mol. The van der Waals surface area contributed by atoms with E-state index in [1.807, 2.05) is 0 Å². The van der Waals surface area contributed by atoms with Crippen molar-refractivity contribution in [2.75, 3.05) is 6.54 Å². The van der Waals surface area contributed by atoms with Crippen molar-refractivity contribution >= 4 is 0 Å². The van der Waals surface area contributed by atoms with Crippen LogP contribution in [0.4, 0.5) is 0 Å². The zero-order valence-corrected chi connectivity index (χ0v) is 7.09. The van der Waals surface area contributed by atoms with E-state index in [1.165, 1.54) is 11.1 Å². The molecule has 1 aromatic rings. The smallest absolute Gasteiger partial charge is 0.0587 e. The van der Waals surface area contributed by atoms with E-state index in [2.05, 4.69) is 29.6 Å². The molecular weight excluding hydrogens is 148 g/mol. The molecule has 0 aromatic heterocycles. The van der Waals surface area contributed by atoms with Crippen LogP contribution in [-0.2, 0) is 12.8 Å². The number of nitrogens with one attached hydrogen (secondary N) is 1. The lowest BCUT2D eigenvalue weighted by atomic mass is 10.0. The topological polar surface area (TPSA) is 38.0 Å². The van der Waals surface area contributed by atoms with Gasteiger partial charge in [0.05, 0.1) is 6.17 Å². The maximum Gasteiger partial charge on any atom is 0.0587 e. The number of fused-ring (bicyclic) bond motifs is 1. The van der Waals surface area contributed by atoms with Crippen molar-refractivity contribution in [1.29, 1.82) is 0 Å². The van der Waals surface area contributed by atoms with Crippen LogP contribution in [-0.4, -0.2) is 12.7 Å². The van der Waals surface area contributed by atoms with Crippen LogP contribution in [0.2, 0.25) is 0 Å². The van der Waals surface area contributed by atoms with Crippen LogP contribution in [0.15, 0.2) is 24.3 Å². The third-order valence-corrected chi connectivity index (χ3v) is 2.36. The molecule has 0 aliphatic carbocycles. The second-order valence-corrected chi connectivity index (χ2v) is 3.28. The molecule has 1 aliphatic heterocycles. The summed E-state index contributed by atoms with van der Waals surface area (Å²) in [6.45, 7) is 0.998. The fourth-order valence-electron chi connectivity index (χ4n) is 1.70. The van der Waals surface area contributed by atoms with Crippen molar-refractivity contribution in [2.45, 2.75) is 19.0 Å². The Hall–Kier alpha value is -0.860. The van der Waals surface area contributed by atoms with Gasteiger partial charge in [-0.25, -0.2) is 0 Å². The average Bonchev–Trinajstić information content (AvgIpc) is 2.25. The van der Waals surface area contributed by atoms with Crippen molar-refractivity contribution in [3.8, 4) is 0 Å². The van der Waals surface area contributed by atoms with Crippen LogP contribution in [0, 0.1) is 0 Å². The van der Waals surface area contributed by atoms with Gasteiger partial charge in [0.15, 0.2) is 0 Å². The SMILES string of the molecule is N[C@H]1Cc2ccccc2CCN1. The van der Waals surface area contributed by atoms with Crippen LogP contribution >= 0.6 is 0 Å². The molecule has 1 heterocycles. The lowest BCUT2D eigenvalue weighted by Crippen LogP contribution is -2.38. The van der Waals surface area contributed by atoms with Gasteiger partial charge in [-0.2, -0.15) is 0 Å². The molecule has 0 fully saturated rings. The Morgan fingerprint density at radius 2 is 2.00 bits per heavy atom. The fraction of sp³-hybridized carbons (Fsp3) is 0.400. The van der Waals surface area contributed by atoms with E-state index in [9.17, 15) is 0 Å². The van der Waals surface area contributed by atoms with Gasteiger partial charge in [-0.1, -0.05) is 24.3 Å². The van der Waals surface area contributed by atoms with Gasteiger partial charge in [0.2, 0.25) is 0 Å². The Morgan fingerprint density at radius 3 is 2.83 bits per heavy atom. The molecule has 1 aliphatic rings. The van der Waals surface area contributed by atoms with E-state index < -0.39 is 0 Å². The summed E-state index contributed by atoms with van der Waals surface area (Å²) in [6.07, 6.45) is 2.19. The lowest BCUT2D eigenvalue weighted by molar-refractivity contribution is 0.545. The summed E-state index contributed by atoms with van der Waals surface area (Å²) in [5.41, 5.74) is 8.68. The highest BCUT2D eigenvalue weighted by Crippen LogP contribution is 2.12. The second kappa shape index (κ2) is 3.25. The van der Waals surface area contributed by atoms with Crippen LogP contribution in [0.5, 0.6) is 0 Å². The highest BCUT2D eigenvalue weighted by molar-refractivity contribution is 5.29. The van der Waals surface area contributed by atoms with Crippen molar-refractivity contribution < 1.29 is 0 Å². The first-order valence-corrected chi connectivity index (χ1v) is 4.42. The van der Waals surface area contributed by atoms with Crippen molar-refractivity contribution in [3.05, 3.63) is 35.4 Å². The predicted molar refractivity (Wildman–Crippen MR) is 49.8 cm³/mol. The molecule has 1 aromatic carbocycles. The molecule has 0 spiro atoms. The van der Waals surface area contributed by atoms with Crippen molar-refractivity contribution in [1.82, 2.24) is 5.32 Å². The number of benzene rings is 1. The summed E-state index contributed by atoms with van der Waals surface area (Å²) in [4.78, 5) is 0. The highest BCUT2D eigenvalue weighted by atomic mass is 15.0. The van der Waals surface area contributed by atoms with Crippen LogP contribution < -0.4 is 11.1 Å². The minimum atomic E-state index is 0.133. The number of hydrogen-bond donors (Lipinski definition) is 2. The first-order chi connectivity index (χ1) is 5.86. The van der Waals surface area contributed by atoms with E-state index in [-0.39, 0.29) is 6.17 Å². The third-order valence-electron chi connectivity index (χ3n) is 2.36. The molecule has 2 rings (SSSR count). The largest absolute Gasteiger partial charge is 0.316 e. The maximum atomic E-state index is 5.84. The van der Waals surface area contributed by atoms with E-state index in [0.29, 0.717) is 0 Å². The Morgan fingerprint density at radius 1 is 1.25 bits per heavy atom. The fourth-order valence-corrected chi connectivity index (χ4v) is 1.70. The molecule has 0 radical (unpaired) electrons. The number of nitrogens with two attached hydrogens (primary N) is 1. The van der Waals surface area contributed by atoms with Crippen molar-refractivity contribution in [3.63, 3.8) is 0 Å². The Balaban J connectivity index is 2.31. The number of hydrogen-bond acceptors (Lipinski definition) is 2. The zero-order chi connectivity index (χ0) is 8.39. The summed E-state index contributed by atoms with van der Waals surface area (Å²) in [7, 11) is 0. The Kier molecular flexibility index (Phi) is 2.11. The van der Waals surface area contributed by atoms with Gasteiger partial charge in [-0.15, -0.1) is 0 Å². The van der Waals surface area contributed by atoms with Gasteiger partial charge in [-0.05, 0) is 17.5 Å². The molecule has 1 atom stereocenters. The molecule has 0 saturated heterocycles. The van der Waals surface area contributed by atoms with E-state index in [0.717, 1.165) is 19.4 Å². The summed E-state index contributed by atoms with van der Waals surface area (Å²) < 4.78 is 0. The lowest BCUT2D eigenvalue weighted by Gasteiger charge is -2.08. The first kappa shape index (κ1) is 7.77. The molecule has 64 valence electrons. The predicted octanol–water partition coefficient (Wildman–Crippen LogP) is 0.660. The summed E-state index contributed by atoms with van der Waals surface area (Å²) >= 11 is 0. The minimum absolute atomic E-state index is 0.133. The molecule has 3 N–H and O–H groups in total. The van der Waals surface area contributed by atoms with Crippen LogP contribution in [0.3, 0.4) is 0 Å². The molecule has 0 amide bonds. The summed E-state index contributed by atoms with van der Waals surface area (Å²) in [5, 5.41) is 3.27. The quantitative estimate of drug-likeness (QED) is 0.588. The van der Waals surface area contributed by atoms with Gasteiger partial charge in [0.1, 0.15) is 0 Å². The van der Waals surface area contributed by atoms with Gasteiger partial charge in [0, 0.05) is 13.0 Å². The standard InChI is InChI=1S/C10H14N2/c11-10-7-9-4-2-1-3-8(9)5-6-12-10/h1-4,10,12H,5-7,11H2/t10-/m1/s1. The maximum absolute atomic E-state index is 5.84. The summed E-state index contributed by atoms with van der Waals surface area (Å²) in [5.74, 6) is 0. The van der Waals surface area contributed by atoms with Crippen molar-refractivity contribution in [2.24, 2.45) is 5.73 Å². The van der Waals surface area contributed by atoms with Gasteiger partial charge in [0.25, 0.3) is 0 Å². The van der Waals surface area contributed by atoms with Crippen LogP contribution in [0.25, 0.3) is 0 Å². The molecular formula is C10H14N2. The van der Waals surface area contributed by atoms with E-state index in [4.69, 9.17) is 5.73 Å². The normalized spacial score (nSPS) is 22.9.